The summed E-state index contributed by atoms with van der Waals surface area (Å²) < 4.78 is 1.26. The summed E-state index contributed by atoms with van der Waals surface area (Å²) >= 11 is 0. The van der Waals surface area contributed by atoms with Crippen LogP contribution in [-0.2, 0) is 11.3 Å². The Kier molecular flexibility index (Phi) is 5.08. The van der Waals surface area contributed by atoms with Gasteiger partial charge < -0.3 is 10.2 Å². The number of aromatic nitrogens is 2. The topological polar surface area (TPSA) is 84.3 Å². The molecular weight excluding hydrogens is 272 g/mol. The zero-order valence-corrected chi connectivity index (χ0v) is 12.2. The lowest BCUT2D eigenvalue weighted by molar-refractivity contribution is -0.129. The predicted molar refractivity (Wildman–Crippen MR) is 76.9 cm³/mol. The first-order chi connectivity index (χ1) is 10.1. The molecule has 2 rings (SSSR count). The molecule has 0 atom stereocenters. The summed E-state index contributed by atoms with van der Waals surface area (Å²) in [7, 11) is 0. The molecule has 0 unspecified atom stereocenters. The average molecular weight is 292 g/mol. The van der Waals surface area contributed by atoms with Crippen LogP contribution in [0.3, 0.4) is 0 Å². The van der Waals surface area contributed by atoms with E-state index in [2.05, 4.69) is 10.4 Å². The van der Waals surface area contributed by atoms with Crippen LogP contribution >= 0.6 is 0 Å². The van der Waals surface area contributed by atoms with Gasteiger partial charge in [-0.05, 0) is 25.3 Å². The van der Waals surface area contributed by atoms with E-state index in [1.165, 1.54) is 16.8 Å². The molecule has 1 aliphatic rings. The highest BCUT2D eigenvalue weighted by Crippen LogP contribution is 2.06. The summed E-state index contributed by atoms with van der Waals surface area (Å²) in [6, 6.07) is 2.70. The zero-order valence-electron chi connectivity index (χ0n) is 12.2. The molecule has 1 saturated heterocycles. The predicted octanol–water partition coefficient (Wildman–Crippen LogP) is 0.00550. The Labute approximate surface area is 122 Å². The van der Waals surface area contributed by atoms with Crippen molar-refractivity contribution < 1.29 is 9.59 Å². The molecule has 1 N–H and O–H groups in total. The number of likely N-dealkylation sites (tertiary alicyclic amines) is 1. The molecule has 114 valence electrons. The van der Waals surface area contributed by atoms with E-state index in [1.54, 1.807) is 4.90 Å². The molecule has 1 aliphatic heterocycles. The van der Waals surface area contributed by atoms with Gasteiger partial charge in [0.2, 0.25) is 5.91 Å². The van der Waals surface area contributed by atoms with Gasteiger partial charge in [-0.3, -0.25) is 14.4 Å². The molecule has 1 aromatic heterocycles. The Morgan fingerprint density at radius 1 is 1.29 bits per heavy atom. The van der Waals surface area contributed by atoms with Gasteiger partial charge in [-0.15, -0.1) is 0 Å². The molecule has 0 radical (unpaired) electrons. The van der Waals surface area contributed by atoms with E-state index in [1.807, 2.05) is 6.92 Å². The van der Waals surface area contributed by atoms with Gasteiger partial charge in [-0.25, -0.2) is 4.68 Å². The van der Waals surface area contributed by atoms with E-state index in [-0.39, 0.29) is 23.7 Å². The Morgan fingerprint density at radius 3 is 2.67 bits per heavy atom. The van der Waals surface area contributed by atoms with Crippen LogP contribution < -0.4 is 10.9 Å². The lowest BCUT2D eigenvalue weighted by Gasteiger charge is -2.15. The Bertz CT molecular complexity index is 576. The van der Waals surface area contributed by atoms with Crippen molar-refractivity contribution in [2.45, 2.75) is 32.7 Å². The van der Waals surface area contributed by atoms with Crippen LogP contribution in [0.25, 0.3) is 0 Å². The zero-order chi connectivity index (χ0) is 15.2. The Hall–Kier alpha value is -2.18. The molecule has 1 aromatic rings. The summed E-state index contributed by atoms with van der Waals surface area (Å²) in [5, 5.41) is 6.56. The van der Waals surface area contributed by atoms with Crippen LogP contribution in [0.2, 0.25) is 0 Å². The number of nitrogens with one attached hydrogen (secondary N) is 1. The number of hydrogen-bond acceptors (Lipinski definition) is 4. The number of aryl methyl sites for hydroxylation is 1. The standard InChI is InChI=1S/C14H20N4O3/c1-2-7-18-12(19)6-5-11(16-18)14(21)15-10-13(20)17-8-3-4-9-17/h5-6H,2-4,7-10H2,1H3,(H,15,21). The minimum atomic E-state index is -0.438. The summed E-state index contributed by atoms with van der Waals surface area (Å²) in [5.41, 5.74) is -0.0844. The average Bonchev–Trinajstić information content (AvgIpc) is 3.01. The molecule has 0 aliphatic carbocycles. The second kappa shape index (κ2) is 7.01. The number of nitrogens with zero attached hydrogens (tertiary/aromatic N) is 3. The maximum Gasteiger partial charge on any atom is 0.272 e. The van der Waals surface area contributed by atoms with Crippen molar-refractivity contribution in [3.8, 4) is 0 Å². The molecule has 7 nitrogen and oxygen atoms in total. The quantitative estimate of drug-likeness (QED) is 0.828. The molecule has 0 saturated carbocycles. The van der Waals surface area contributed by atoms with Crippen molar-refractivity contribution in [3.63, 3.8) is 0 Å². The van der Waals surface area contributed by atoms with Gasteiger partial charge in [0, 0.05) is 25.7 Å². The highest BCUT2D eigenvalue weighted by atomic mass is 16.2. The monoisotopic (exact) mass is 292 g/mol. The third-order valence-corrected chi connectivity index (χ3v) is 3.39. The fourth-order valence-electron chi connectivity index (χ4n) is 2.27. The highest BCUT2D eigenvalue weighted by molar-refractivity contribution is 5.94. The van der Waals surface area contributed by atoms with Gasteiger partial charge in [0.1, 0.15) is 5.69 Å². The van der Waals surface area contributed by atoms with E-state index < -0.39 is 5.91 Å². The molecule has 2 amide bonds. The first-order valence-corrected chi connectivity index (χ1v) is 7.26. The number of carbonyl (C=O) groups excluding carboxylic acids is 2. The normalized spacial score (nSPS) is 14.2. The fourth-order valence-corrected chi connectivity index (χ4v) is 2.27. The second-order valence-electron chi connectivity index (χ2n) is 5.05. The first kappa shape index (κ1) is 15.2. The molecule has 2 heterocycles. The van der Waals surface area contributed by atoms with E-state index in [9.17, 15) is 14.4 Å². The summed E-state index contributed by atoms with van der Waals surface area (Å²) in [6.07, 6.45) is 2.79. The lowest BCUT2D eigenvalue weighted by Crippen LogP contribution is -2.39. The number of hydrogen-bond donors (Lipinski definition) is 1. The third-order valence-electron chi connectivity index (χ3n) is 3.39. The van der Waals surface area contributed by atoms with Crippen molar-refractivity contribution in [1.29, 1.82) is 0 Å². The van der Waals surface area contributed by atoms with E-state index in [4.69, 9.17) is 0 Å². The van der Waals surface area contributed by atoms with Crippen molar-refractivity contribution in [3.05, 3.63) is 28.2 Å². The van der Waals surface area contributed by atoms with Gasteiger partial charge in [0.15, 0.2) is 0 Å². The minimum Gasteiger partial charge on any atom is -0.342 e. The molecule has 21 heavy (non-hydrogen) atoms. The number of rotatable bonds is 5. The van der Waals surface area contributed by atoms with E-state index in [0.29, 0.717) is 6.54 Å². The SMILES string of the molecule is CCCn1nc(C(=O)NCC(=O)N2CCCC2)ccc1=O. The van der Waals surface area contributed by atoms with Gasteiger partial charge in [-0.2, -0.15) is 5.10 Å². The van der Waals surface area contributed by atoms with Crippen molar-refractivity contribution in [1.82, 2.24) is 20.0 Å². The Balaban J connectivity index is 1.95. The maximum atomic E-state index is 12.0. The van der Waals surface area contributed by atoms with Crippen LogP contribution in [0.15, 0.2) is 16.9 Å². The maximum absolute atomic E-state index is 12.0. The second-order valence-corrected chi connectivity index (χ2v) is 5.05. The van der Waals surface area contributed by atoms with Crippen LogP contribution in [0, 0.1) is 0 Å². The largest absolute Gasteiger partial charge is 0.342 e. The minimum absolute atomic E-state index is 0.0343. The van der Waals surface area contributed by atoms with Gasteiger partial charge in [0.25, 0.3) is 11.5 Å². The highest BCUT2D eigenvalue weighted by Gasteiger charge is 2.19. The van der Waals surface area contributed by atoms with Crippen molar-refractivity contribution in [2.75, 3.05) is 19.6 Å². The molecular formula is C14H20N4O3. The van der Waals surface area contributed by atoms with Crippen LogP contribution in [-0.4, -0.2) is 46.1 Å². The summed E-state index contributed by atoms with van der Waals surface area (Å²) in [4.78, 5) is 37.1. The smallest absolute Gasteiger partial charge is 0.272 e. The molecule has 0 aromatic carbocycles. The number of amides is 2. The van der Waals surface area contributed by atoms with E-state index in [0.717, 1.165) is 32.4 Å². The fraction of sp³-hybridized carbons (Fsp3) is 0.571. The Morgan fingerprint density at radius 2 is 2.00 bits per heavy atom. The molecule has 1 fully saturated rings. The van der Waals surface area contributed by atoms with E-state index >= 15 is 0 Å². The van der Waals surface area contributed by atoms with Crippen LogP contribution in [0.1, 0.15) is 36.7 Å². The molecule has 7 heteroatoms. The first-order valence-electron chi connectivity index (χ1n) is 7.26. The number of carbonyl (C=O) groups is 2. The summed E-state index contributed by atoms with van der Waals surface area (Å²) in [5.74, 6) is -0.518. The summed E-state index contributed by atoms with van der Waals surface area (Å²) in [6.45, 7) is 3.87. The van der Waals surface area contributed by atoms with Gasteiger partial charge in [0.05, 0.1) is 6.54 Å². The van der Waals surface area contributed by atoms with Crippen molar-refractivity contribution >= 4 is 11.8 Å². The van der Waals surface area contributed by atoms with Gasteiger partial charge >= 0.3 is 0 Å². The van der Waals surface area contributed by atoms with Gasteiger partial charge in [-0.1, -0.05) is 6.92 Å². The van der Waals surface area contributed by atoms with Crippen LogP contribution in [0.5, 0.6) is 0 Å². The lowest BCUT2D eigenvalue weighted by atomic mass is 10.3. The van der Waals surface area contributed by atoms with Crippen LogP contribution in [0.4, 0.5) is 0 Å². The third kappa shape index (κ3) is 3.90. The molecule has 0 spiro atoms. The molecule has 0 bridgehead atoms. The van der Waals surface area contributed by atoms with Crippen molar-refractivity contribution in [2.24, 2.45) is 0 Å².